The number of carbonyl (C=O) groups excluding carboxylic acids is 1. The van der Waals surface area contributed by atoms with Crippen molar-refractivity contribution in [2.24, 2.45) is 0 Å². The maximum Gasteiger partial charge on any atom is 0.244 e. The molecule has 6 nitrogen and oxygen atoms in total. The molecule has 1 aromatic rings. The lowest BCUT2D eigenvalue weighted by Crippen LogP contribution is -2.39. The summed E-state index contributed by atoms with van der Waals surface area (Å²) in [6.07, 6.45) is 1.44. The van der Waals surface area contributed by atoms with Gasteiger partial charge in [0.15, 0.2) is 5.82 Å². The van der Waals surface area contributed by atoms with E-state index >= 15 is 0 Å². The number of nitriles is 1. The van der Waals surface area contributed by atoms with Crippen LogP contribution in [-0.2, 0) is 4.79 Å². The van der Waals surface area contributed by atoms with Crippen LogP contribution in [0.25, 0.3) is 0 Å². The van der Waals surface area contributed by atoms with Gasteiger partial charge in [-0.15, -0.1) is 5.10 Å². The van der Waals surface area contributed by atoms with Crippen LogP contribution in [-0.4, -0.2) is 40.6 Å². The smallest absolute Gasteiger partial charge is 0.244 e. The number of amides is 1. The van der Waals surface area contributed by atoms with Crippen molar-refractivity contribution in [1.29, 1.82) is 5.26 Å². The molecule has 0 fully saturated rings. The fourth-order valence-electron chi connectivity index (χ4n) is 1.28. The third kappa shape index (κ3) is 3.14. The van der Waals surface area contributed by atoms with Crippen molar-refractivity contribution >= 4 is 11.7 Å². The van der Waals surface area contributed by atoms with Crippen LogP contribution in [0.3, 0.4) is 0 Å². The van der Waals surface area contributed by atoms with Gasteiger partial charge in [-0.05, 0) is 19.9 Å². The number of aromatic nitrogens is 2. The Hall–Kier alpha value is -2.16. The Bertz CT molecular complexity index is 440. The van der Waals surface area contributed by atoms with Gasteiger partial charge >= 0.3 is 0 Å². The van der Waals surface area contributed by atoms with Crippen LogP contribution >= 0.6 is 0 Å². The van der Waals surface area contributed by atoms with Crippen molar-refractivity contribution in [3.05, 3.63) is 17.8 Å². The number of rotatable bonds is 4. The molecule has 90 valence electrons. The highest BCUT2D eigenvalue weighted by Gasteiger charge is 2.17. The molecule has 1 amide bonds. The number of hydrogen-bond acceptors (Lipinski definition) is 5. The first-order valence-electron chi connectivity index (χ1n) is 5.33. The number of anilines is 1. The number of carbonyl (C=O) groups is 1. The maximum atomic E-state index is 11.8. The van der Waals surface area contributed by atoms with E-state index in [1.807, 2.05) is 13.0 Å². The molecule has 6 heteroatoms. The van der Waals surface area contributed by atoms with E-state index in [2.05, 4.69) is 15.5 Å². The van der Waals surface area contributed by atoms with Gasteiger partial charge in [0.1, 0.15) is 12.1 Å². The molecule has 1 unspecified atom stereocenters. The molecule has 0 aliphatic heterocycles. The van der Waals surface area contributed by atoms with Crippen molar-refractivity contribution in [3.8, 4) is 6.07 Å². The molecule has 0 aliphatic carbocycles. The van der Waals surface area contributed by atoms with E-state index in [0.29, 0.717) is 17.9 Å². The van der Waals surface area contributed by atoms with E-state index in [-0.39, 0.29) is 5.91 Å². The Kier molecular flexibility index (Phi) is 4.40. The zero-order valence-electron chi connectivity index (χ0n) is 10.1. The van der Waals surface area contributed by atoms with Crippen molar-refractivity contribution in [2.75, 3.05) is 18.9 Å². The van der Waals surface area contributed by atoms with Crippen LogP contribution < -0.4 is 5.32 Å². The third-order valence-corrected chi connectivity index (χ3v) is 2.42. The SMILES string of the molecule is CCN(C)C(=O)C(C)Nc1nnccc1C#N. The number of nitrogens with one attached hydrogen (secondary N) is 1. The van der Waals surface area contributed by atoms with Gasteiger partial charge in [-0.25, -0.2) is 0 Å². The van der Waals surface area contributed by atoms with E-state index in [1.54, 1.807) is 24.9 Å². The van der Waals surface area contributed by atoms with Gasteiger partial charge in [0.2, 0.25) is 5.91 Å². The van der Waals surface area contributed by atoms with Gasteiger partial charge in [-0.1, -0.05) is 0 Å². The Morgan fingerprint density at radius 1 is 1.71 bits per heavy atom. The summed E-state index contributed by atoms with van der Waals surface area (Å²) in [5.41, 5.74) is 0.374. The summed E-state index contributed by atoms with van der Waals surface area (Å²) in [5.74, 6) is 0.280. The Morgan fingerprint density at radius 2 is 2.41 bits per heavy atom. The van der Waals surface area contributed by atoms with Gasteiger partial charge in [0, 0.05) is 13.6 Å². The first kappa shape index (κ1) is 12.9. The minimum atomic E-state index is -0.441. The minimum Gasteiger partial charge on any atom is -0.356 e. The Labute approximate surface area is 100 Å². The summed E-state index contributed by atoms with van der Waals surface area (Å²) in [4.78, 5) is 13.4. The fraction of sp³-hybridized carbons (Fsp3) is 0.455. The van der Waals surface area contributed by atoms with E-state index in [4.69, 9.17) is 5.26 Å². The molecule has 0 saturated heterocycles. The van der Waals surface area contributed by atoms with Crippen molar-refractivity contribution in [2.45, 2.75) is 19.9 Å². The summed E-state index contributed by atoms with van der Waals surface area (Å²) < 4.78 is 0. The highest BCUT2D eigenvalue weighted by molar-refractivity contribution is 5.84. The normalized spacial score (nSPS) is 11.4. The lowest BCUT2D eigenvalue weighted by molar-refractivity contribution is -0.130. The van der Waals surface area contributed by atoms with E-state index in [9.17, 15) is 4.79 Å². The fourth-order valence-corrected chi connectivity index (χ4v) is 1.28. The summed E-state index contributed by atoms with van der Waals surface area (Å²) in [6, 6.07) is 3.10. The topological polar surface area (TPSA) is 81.9 Å². The first-order chi connectivity index (χ1) is 8.10. The van der Waals surface area contributed by atoms with Crippen LogP contribution in [0.4, 0.5) is 5.82 Å². The Balaban J connectivity index is 2.78. The second-order valence-corrected chi connectivity index (χ2v) is 3.62. The molecular formula is C11H15N5O. The van der Waals surface area contributed by atoms with E-state index in [1.165, 1.54) is 6.20 Å². The van der Waals surface area contributed by atoms with E-state index < -0.39 is 6.04 Å². The van der Waals surface area contributed by atoms with Crippen molar-refractivity contribution in [1.82, 2.24) is 15.1 Å². The zero-order valence-corrected chi connectivity index (χ0v) is 10.1. The largest absolute Gasteiger partial charge is 0.356 e. The minimum absolute atomic E-state index is 0.0537. The number of hydrogen-bond donors (Lipinski definition) is 1. The average Bonchev–Trinajstić information content (AvgIpc) is 2.37. The standard InChI is InChI=1S/C11H15N5O/c1-4-16(3)11(17)8(2)14-10-9(7-12)5-6-13-15-10/h5-6,8H,4H2,1-3H3,(H,14,15). The number of likely N-dealkylation sites (N-methyl/N-ethyl adjacent to an activating group) is 1. The molecule has 1 atom stereocenters. The lowest BCUT2D eigenvalue weighted by atomic mass is 10.2. The summed E-state index contributed by atoms with van der Waals surface area (Å²) >= 11 is 0. The first-order valence-corrected chi connectivity index (χ1v) is 5.33. The molecule has 17 heavy (non-hydrogen) atoms. The second-order valence-electron chi connectivity index (χ2n) is 3.62. The van der Waals surface area contributed by atoms with Gasteiger partial charge in [-0.3, -0.25) is 4.79 Å². The molecule has 1 rings (SSSR count). The zero-order chi connectivity index (χ0) is 12.8. The predicted molar refractivity (Wildman–Crippen MR) is 63.1 cm³/mol. The molecule has 0 aliphatic rings. The molecular weight excluding hydrogens is 218 g/mol. The van der Waals surface area contributed by atoms with Crippen molar-refractivity contribution < 1.29 is 4.79 Å². The highest BCUT2D eigenvalue weighted by Crippen LogP contribution is 2.10. The van der Waals surface area contributed by atoms with Gasteiger partial charge in [0.05, 0.1) is 11.8 Å². The summed E-state index contributed by atoms with van der Waals surface area (Å²) in [7, 11) is 1.72. The monoisotopic (exact) mass is 233 g/mol. The van der Waals surface area contributed by atoms with Crippen LogP contribution in [0.1, 0.15) is 19.4 Å². The Morgan fingerprint density at radius 3 is 3.00 bits per heavy atom. The second kappa shape index (κ2) is 5.80. The molecule has 0 radical (unpaired) electrons. The highest BCUT2D eigenvalue weighted by atomic mass is 16.2. The number of nitrogens with zero attached hydrogens (tertiary/aromatic N) is 4. The van der Waals surface area contributed by atoms with Crippen LogP contribution in [0, 0.1) is 11.3 Å². The average molecular weight is 233 g/mol. The maximum absolute atomic E-state index is 11.8. The van der Waals surface area contributed by atoms with Gasteiger partial charge in [0.25, 0.3) is 0 Å². The summed E-state index contributed by atoms with van der Waals surface area (Å²) in [5, 5.41) is 19.2. The molecule has 0 saturated carbocycles. The molecule has 0 bridgehead atoms. The van der Waals surface area contributed by atoms with Crippen LogP contribution in [0.2, 0.25) is 0 Å². The quantitative estimate of drug-likeness (QED) is 0.824. The van der Waals surface area contributed by atoms with Gasteiger partial charge < -0.3 is 10.2 Å². The predicted octanol–water partition coefficient (Wildman–Crippen LogP) is 0.627. The third-order valence-electron chi connectivity index (χ3n) is 2.42. The lowest BCUT2D eigenvalue weighted by Gasteiger charge is -2.20. The van der Waals surface area contributed by atoms with Gasteiger partial charge in [-0.2, -0.15) is 10.4 Å². The van der Waals surface area contributed by atoms with E-state index in [0.717, 1.165) is 0 Å². The molecule has 1 aromatic heterocycles. The van der Waals surface area contributed by atoms with Crippen LogP contribution in [0.5, 0.6) is 0 Å². The molecule has 1 N–H and O–H groups in total. The molecule has 1 heterocycles. The molecule has 0 spiro atoms. The molecule has 0 aromatic carbocycles. The summed E-state index contributed by atoms with van der Waals surface area (Å²) in [6.45, 7) is 4.26. The van der Waals surface area contributed by atoms with Crippen LogP contribution in [0.15, 0.2) is 12.3 Å². The van der Waals surface area contributed by atoms with Crippen molar-refractivity contribution in [3.63, 3.8) is 0 Å².